The number of furan rings is 1. The lowest BCUT2D eigenvalue weighted by molar-refractivity contribution is 0.661. The zero-order valence-corrected chi connectivity index (χ0v) is 31.1. The van der Waals surface area contributed by atoms with E-state index < -0.39 is 0 Å². The van der Waals surface area contributed by atoms with Crippen molar-refractivity contribution < 1.29 is 4.42 Å². The number of para-hydroxylation sites is 1. The van der Waals surface area contributed by atoms with E-state index in [-0.39, 0.29) is 5.41 Å². The third-order valence-corrected chi connectivity index (χ3v) is 11.7. The van der Waals surface area contributed by atoms with Crippen molar-refractivity contribution in [1.82, 2.24) is 9.97 Å². The van der Waals surface area contributed by atoms with Crippen LogP contribution in [0.1, 0.15) is 25.0 Å². The summed E-state index contributed by atoms with van der Waals surface area (Å²) in [4.78, 5) is 10.3. The predicted molar refractivity (Wildman–Crippen MR) is 232 cm³/mol. The Balaban J connectivity index is 0.987. The van der Waals surface area contributed by atoms with Gasteiger partial charge in [0.25, 0.3) is 0 Å². The lowest BCUT2D eigenvalue weighted by Crippen LogP contribution is -2.14. The molecule has 0 unspecified atom stereocenters. The molecule has 8 aromatic carbocycles. The molecule has 0 radical (unpaired) electrons. The zero-order chi connectivity index (χ0) is 37.4. The van der Waals surface area contributed by atoms with E-state index in [2.05, 4.69) is 159 Å². The fraction of sp³-hybridized carbons (Fsp3) is 0.0566. The summed E-state index contributed by atoms with van der Waals surface area (Å²) in [6.07, 6.45) is 0. The fourth-order valence-corrected chi connectivity index (χ4v) is 8.83. The molecule has 264 valence electrons. The smallest absolute Gasteiger partial charge is 0.160 e. The number of nitrogens with zero attached hydrogens (tertiary/aromatic N) is 2. The van der Waals surface area contributed by atoms with Crippen molar-refractivity contribution in [2.45, 2.75) is 19.3 Å². The summed E-state index contributed by atoms with van der Waals surface area (Å²) in [6, 6.07) is 64.7. The minimum Gasteiger partial charge on any atom is -0.456 e. The van der Waals surface area contributed by atoms with Crippen LogP contribution in [0.5, 0.6) is 0 Å². The number of aromatic nitrogens is 2. The van der Waals surface area contributed by atoms with E-state index in [9.17, 15) is 0 Å². The van der Waals surface area contributed by atoms with Gasteiger partial charge in [-0.1, -0.05) is 166 Å². The Morgan fingerprint density at radius 3 is 1.71 bits per heavy atom. The third-order valence-electron chi connectivity index (χ3n) is 11.7. The molecule has 0 fully saturated rings. The Hall–Kier alpha value is -7.10. The standard InChI is InChI=1S/C53H36N2O/c1-53(2)44-19-10-17-40(50(44)43-30-38-14-6-7-15-39(38)31-45(43)53)33-22-26-35(27-23-33)46-32-47(55-52(54-46)37-12-4-3-5-13-37)36-28-24-34(25-29-36)41-18-11-21-49-51(41)42-16-8-9-20-48(42)56-49/h3-32H,1-2H3. The Morgan fingerprint density at radius 2 is 0.982 bits per heavy atom. The summed E-state index contributed by atoms with van der Waals surface area (Å²) >= 11 is 0. The minimum absolute atomic E-state index is 0.0883. The third kappa shape index (κ3) is 5.12. The Morgan fingerprint density at radius 1 is 0.411 bits per heavy atom. The van der Waals surface area contributed by atoms with Crippen molar-refractivity contribution in [2.75, 3.05) is 0 Å². The van der Waals surface area contributed by atoms with Crippen LogP contribution in [0.2, 0.25) is 0 Å². The SMILES string of the molecule is CC1(C)c2cc3ccccc3cc2-c2c(-c3ccc(-c4cc(-c5ccc(-c6cccc7oc8ccccc8c67)cc5)nc(-c5ccccc5)n4)cc3)cccc21. The predicted octanol–water partition coefficient (Wildman–Crippen LogP) is 14.2. The first kappa shape index (κ1) is 32.3. The highest BCUT2D eigenvalue weighted by Gasteiger charge is 2.37. The van der Waals surface area contributed by atoms with Crippen LogP contribution in [0.4, 0.5) is 0 Å². The van der Waals surface area contributed by atoms with Gasteiger partial charge < -0.3 is 4.42 Å². The summed E-state index contributed by atoms with van der Waals surface area (Å²) in [5.74, 6) is 0.702. The van der Waals surface area contributed by atoms with E-state index >= 15 is 0 Å². The second kappa shape index (κ2) is 12.5. The molecule has 0 amide bonds. The van der Waals surface area contributed by atoms with Gasteiger partial charge in [0.1, 0.15) is 11.2 Å². The molecule has 1 aliphatic carbocycles. The highest BCUT2D eigenvalue weighted by Crippen LogP contribution is 2.53. The van der Waals surface area contributed by atoms with Crippen molar-refractivity contribution in [3.05, 3.63) is 193 Å². The Labute approximate surface area is 325 Å². The Kier molecular flexibility index (Phi) is 7.20. The second-order valence-corrected chi connectivity index (χ2v) is 15.4. The van der Waals surface area contributed by atoms with E-state index in [4.69, 9.17) is 14.4 Å². The molecule has 3 heteroatoms. The maximum Gasteiger partial charge on any atom is 0.160 e. The van der Waals surface area contributed by atoms with Gasteiger partial charge in [0.05, 0.1) is 11.4 Å². The van der Waals surface area contributed by atoms with Crippen LogP contribution in [0.15, 0.2) is 186 Å². The maximum atomic E-state index is 6.19. The number of benzene rings is 8. The normalized spacial score (nSPS) is 13.0. The van der Waals surface area contributed by atoms with Crippen molar-refractivity contribution in [2.24, 2.45) is 0 Å². The first-order chi connectivity index (χ1) is 27.5. The summed E-state index contributed by atoms with van der Waals surface area (Å²) in [6.45, 7) is 4.71. The van der Waals surface area contributed by atoms with Gasteiger partial charge in [-0.25, -0.2) is 9.97 Å². The minimum atomic E-state index is -0.0883. The van der Waals surface area contributed by atoms with Gasteiger partial charge in [0, 0.05) is 32.9 Å². The number of hydrogen-bond acceptors (Lipinski definition) is 3. The van der Waals surface area contributed by atoms with E-state index in [1.807, 2.05) is 36.4 Å². The monoisotopic (exact) mass is 716 g/mol. The largest absolute Gasteiger partial charge is 0.456 e. The number of hydrogen-bond donors (Lipinski definition) is 0. The molecule has 0 N–H and O–H groups in total. The van der Waals surface area contributed by atoms with E-state index in [0.29, 0.717) is 5.82 Å². The molecule has 11 rings (SSSR count). The average Bonchev–Trinajstić information content (AvgIpc) is 3.75. The first-order valence-electron chi connectivity index (χ1n) is 19.2. The average molecular weight is 717 g/mol. The van der Waals surface area contributed by atoms with Crippen molar-refractivity contribution in [3.8, 4) is 67.3 Å². The molecule has 0 atom stereocenters. The molecule has 2 aromatic heterocycles. The van der Waals surface area contributed by atoms with Gasteiger partial charge in [0.2, 0.25) is 0 Å². The van der Waals surface area contributed by atoms with E-state index in [0.717, 1.165) is 61.1 Å². The van der Waals surface area contributed by atoms with Crippen molar-refractivity contribution in [3.63, 3.8) is 0 Å². The topological polar surface area (TPSA) is 38.9 Å². The zero-order valence-electron chi connectivity index (χ0n) is 31.1. The van der Waals surface area contributed by atoms with Crippen LogP contribution in [0, 0.1) is 0 Å². The molecule has 0 saturated heterocycles. The van der Waals surface area contributed by atoms with Crippen LogP contribution >= 0.6 is 0 Å². The van der Waals surface area contributed by atoms with Crippen LogP contribution in [0.25, 0.3) is 100.0 Å². The summed E-state index contributed by atoms with van der Waals surface area (Å²) < 4.78 is 6.19. The summed E-state index contributed by atoms with van der Waals surface area (Å²) in [5.41, 5.74) is 16.7. The molecule has 0 bridgehead atoms. The van der Waals surface area contributed by atoms with Crippen molar-refractivity contribution >= 4 is 32.7 Å². The lowest BCUT2D eigenvalue weighted by Gasteiger charge is -2.22. The molecule has 0 spiro atoms. The van der Waals surface area contributed by atoms with Crippen LogP contribution in [-0.2, 0) is 5.41 Å². The number of fused-ring (bicyclic) bond motifs is 7. The van der Waals surface area contributed by atoms with E-state index in [1.165, 1.54) is 44.2 Å². The molecular formula is C53H36N2O. The molecule has 3 nitrogen and oxygen atoms in total. The molecule has 1 aliphatic rings. The Bertz CT molecular complexity index is 3140. The second-order valence-electron chi connectivity index (χ2n) is 15.4. The van der Waals surface area contributed by atoms with Gasteiger partial charge in [-0.3, -0.25) is 0 Å². The molecule has 56 heavy (non-hydrogen) atoms. The van der Waals surface area contributed by atoms with Crippen LogP contribution in [0.3, 0.4) is 0 Å². The molecular weight excluding hydrogens is 681 g/mol. The molecule has 0 aliphatic heterocycles. The van der Waals surface area contributed by atoms with Gasteiger partial charge in [-0.15, -0.1) is 0 Å². The number of rotatable bonds is 5. The highest BCUT2D eigenvalue weighted by atomic mass is 16.3. The van der Waals surface area contributed by atoms with Gasteiger partial charge in [-0.05, 0) is 85.6 Å². The summed E-state index contributed by atoms with van der Waals surface area (Å²) in [7, 11) is 0. The van der Waals surface area contributed by atoms with Crippen LogP contribution in [-0.4, -0.2) is 9.97 Å². The summed E-state index contributed by atoms with van der Waals surface area (Å²) in [5, 5.41) is 4.82. The molecule has 2 heterocycles. The van der Waals surface area contributed by atoms with Gasteiger partial charge in [-0.2, -0.15) is 0 Å². The lowest BCUT2D eigenvalue weighted by atomic mass is 9.81. The van der Waals surface area contributed by atoms with Crippen LogP contribution < -0.4 is 0 Å². The fourth-order valence-electron chi connectivity index (χ4n) is 8.83. The highest BCUT2D eigenvalue weighted by molar-refractivity contribution is 6.12. The van der Waals surface area contributed by atoms with Gasteiger partial charge >= 0.3 is 0 Å². The first-order valence-corrected chi connectivity index (χ1v) is 19.2. The quantitative estimate of drug-likeness (QED) is 0.178. The van der Waals surface area contributed by atoms with Crippen molar-refractivity contribution in [1.29, 1.82) is 0 Å². The maximum absolute atomic E-state index is 6.19. The van der Waals surface area contributed by atoms with Gasteiger partial charge in [0.15, 0.2) is 5.82 Å². The molecule has 0 saturated carbocycles. The molecule has 10 aromatic rings. The van der Waals surface area contributed by atoms with E-state index in [1.54, 1.807) is 0 Å².